The molecule has 1 saturated carbocycles. The van der Waals surface area contributed by atoms with Gasteiger partial charge in [-0.25, -0.2) is 4.98 Å². The van der Waals surface area contributed by atoms with Crippen molar-refractivity contribution >= 4 is 5.95 Å². The van der Waals surface area contributed by atoms with E-state index in [-0.39, 0.29) is 23.2 Å². The first kappa shape index (κ1) is 12.6. The SMILES string of the molecule is Cc1cnc(NCC23CCC(CO)(CO2)C3)[nH]c1=O. The van der Waals surface area contributed by atoms with Crippen molar-refractivity contribution < 1.29 is 9.84 Å². The van der Waals surface area contributed by atoms with E-state index in [2.05, 4.69) is 15.3 Å². The largest absolute Gasteiger partial charge is 0.396 e. The molecule has 1 aliphatic carbocycles. The van der Waals surface area contributed by atoms with E-state index in [1.165, 1.54) is 0 Å². The zero-order valence-electron chi connectivity index (χ0n) is 11.0. The van der Waals surface area contributed by atoms with E-state index in [0.29, 0.717) is 24.7 Å². The van der Waals surface area contributed by atoms with E-state index in [9.17, 15) is 9.90 Å². The fourth-order valence-corrected chi connectivity index (χ4v) is 3.08. The molecule has 2 aliphatic rings. The fraction of sp³-hybridized carbons (Fsp3) is 0.692. The van der Waals surface area contributed by atoms with Gasteiger partial charge in [-0.1, -0.05) is 0 Å². The summed E-state index contributed by atoms with van der Waals surface area (Å²) in [6.45, 7) is 3.15. The highest BCUT2D eigenvalue weighted by Crippen LogP contribution is 2.52. The molecule has 0 spiro atoms. The maximum absolute atomic E-state index is 11.5. The first-order valence-corrected chi connectivity index (χ1v) is 6.61. The number of aliphatic hydroxyl groups is 1. The lowest BCUT2D eigenvalue weighted by atomic mass is 9.89. The molecule has 0 amide bonds. The number of aromatic amines is 1. The zero-order valence-corrected chi connectivity index (χ0v) is 11.0. The van der Waals surface area contributed by atoms with Crippen LogP contribution in [0, 0.1) is 12.3 Å². The molecule has 3 rings (SSSR count). The molecule has 0 radical (unpaired) electrons. The van der Waals surface area contributed by atoms with Gasteiger partial charge in [0.25, 0.3) is 5.56 Å². The van der Waals surface area contributed by atoms with Crippen molar-refractivity contribution in [3.05, 3.63) is 22.1 Å². The summed E-state index contributed by atoms with van der Waals surface area (Å²) in [6.07, 6.45) is 4.38. The second-order valence-electron chi connectivity index (χ2n) is 5.90. The van der Waals surface area contributed by atoms with Gasteiger partial charge in [0.05, 0.1) is 18.8 Å². The van der Waals surface area contributed by atoms with Crippen LogP contribution in [0.3, 0.4) is 0 Å². The van der Waals surface area contributed by atoms with Gasteiger partial charge >= 0.3 is 0 Å². The molecule has 3 N–H and O–H groups in total. The number of H-pyrrole nitrogens is 1. The molecule has 2 unspecified atom stereocenters. The molecule has 2 fully saturated rings. The maximum Gasteiger partial charge on any atom is 0.255 e. The number of fused-ring (bicyclic) bond motifs is 2. The highest BCUT2D eigenvalue weighted by atomic mass is 16.5. The Morgan fingerprint density at radius 3 is 3.00 bits per heavy atom. The molecule has 0 aromatic carbocycles. The van der Waals surface area contributed by atoms with Gasteiger partial charge < -0.3 is 15.2 Å². The number of anilines is 1. The van der Waals surface area contributed by atoms with Crippen molar-refractivity contribution in [3.63, 3.8) is 0 Å². The quantitative estimate of drug-likeness (QED) is 0.734. The van der Waals surface area contributed by atoms with Crippen molar-refractivity contribution in [2.75, 3.05) is 25.1 Å². The van der Waals surface area contributed by atoms with Gasteiger partial charge in [0.1, 0.15) is 0 Å². The predicted molar refractivity (Wildman–Crippen MR) is 70.1 cm³/mol. The Bertz CT molecular complexity index is 532. The van der Waals surface area contributed by atoms with E-state index < -0.39 is 0 Å². The van der Waals surface area contributed by atoms with Crippen molar-refractivity contribution in [1.29, 1.82) is 0 Å². The van der Waals surface area contributed by atoms with E-state index in [1.807, 2.05) is 0 Å². The zero-order chi connectivity index (χ0) is 13.5. The third-order valence-electron chi connectivity index (χ3n) is 4.38. The number of aliphatic hydroxyl groups excluding tert-OH is 1. The van der Waals surface area contributed by atoms with E-state index in [1.54, 1.807) is 13.1 Å². The molecular weight excluding hydrogens is 246 g/mol. The standard InChI is InChI=1S/C13H19N3O3/c1-9-4-14-11(16-10(9)18)15-6-13-3-2-12(5-13,7-17)8-19-13/h4,17H,2-3,5-8H2,1H3,(H2,14,15,16,18). The van der Waals surface area contributed by atoms with Crippen LogP contribution in [0.5, 0.6) is 0 Å². The molecule has 104 valence electrons. The summed E-state index contributed by atoms with van der Waals surface area (Å²) in [5, 5.41) is 12.6. The van der Waals surface area contributed by atoms with Gasteiger partial charge in [0, 0.05) is 23.7 Å². The number of aromatic nitrogens is 2. The molecule has 6 heteroatoms. The van der Waals surface area contributed by atoms with Crippen molar-refractivity contribution in [2.24, 2.45) is 5.41 Å². The van der Waals surface area contributed by atoms with E-state index >= 15 is 0 Å². The van der Waals surface area contributed by atoms with Crippen LogP contribution >= 0.6 is 0 Å². The number of rotatable bonds is 4. The number of hydrogen-bond donors (Lipinski definition) is 3. The first-order valence-electron chi connectivity index (χ1n) is 6.61. The second-order valence-corrected chi connectivity index (χ2v) is 5.90. The smallest absolute Gasteiger partial charge is 0.255 e. The van der Waals surface area contributed by atoms with E-state index in [4.69, 9.17) is 4.74 Å². The molecule has 1 aromatic heterocycles. The van der Waals surface area contributed by atoms with Crippen molar-refractivity contribution in [1.82, 2.24) is 9.97 Å². The fourth-order valence-electron chi connectivity index (χ4n) is 3.08. The molecular formula is C13H19N3O3. The lowest BCUT2D eigenvalue weighted by Gasteiger charge is -2.28. The topological polar surface area (TPSA) is 87.2 Å². The minimum Gasteiger partial charge on any atom is -0.396 e. The summed E-state index contributed by atoms with van der Waals surface area (Å²) in [6, 6.07) is 0. The molecule has 1 aliphatic heterocycles. The summed E-state index contributed by atoms with van der Waals surface area (Å²) >= 11 is 0. The first-order chi connectivity index (χ1) is 9.06. The van der Waals surface area contributed by atoms with Crippen LogP contribution in [0.15, 0.2) is 11.0 Å². The normalized spacial score (nSPS) is 32.7. The average Bonchev–Trinajstić information content (AvgIpc) is 2.97. The van der Waals surface area contributed by atoms with E-state index in [0.717, 1.165) is 19.3 Å². The Morgan fingerprint density at radius 2 is 2.42 bits per heavy atom. The number of aryl methyl sites for hydroxylation is 1. The molecule has 2 atom stereocenters. The van der Waals surface area contributed by atoms with Crippen LogP contribution in [0.1, 0.15) is 24.8 Å². The number of hydrogen-bond acceptors (Lipinski definition) is 5. The van der Waals surface area contributed by atoms with Crippen LogP contribution in [-0.2, 0) is 4.74 Å². The minimum absolute atomic E-state index is 0.0458. The highest BCUT2D eigenvalue weighted by molar-refractivity contribution is 5.26. The van der Waals surface area contributed by atoms with Crippen LogP contribution < -0.4 is 10.9 Å². The molecule has 6 nitrogen and oxygen atoms in total. The Balaban J connectivity index is 1.67. The third-order valence-corrected chi connectivity index (χ3v) is 4.38. The second kappa shape index (κ2) is 4.31. The highest BCUT2D eigenvalue weighted by Gasteiger charge is 2.55. The molecule has 1 saturated heterocycles. The Morgan fingerprint density at radius 1 is 1.58 bits per heavy atom. The van der Waals surface area contributed by atoms with Gasteiger partial charge in [0.15, 0.2) is 0 Å². The number of nitrogens with zero attached hydrogens (tertiary/aromatic N) is 1. The Hall–Kier alpha value is -1.40. The van der Waals surface area contributed by atoms with Gasteiger partial charge in [-0.15, -0.1) is 0 Å². The average molecular weight is 265 g/mol. The van der Waals surface area contributed by atoms with Gasteiger partial charge in [0.2, 0.25) is 5.95 Å². The van der Waals surface area contributed by atoms with Crippen LogP contribution in [-0.4, -0.2) is 40.4 Å². The number of nitrogens with one attached hydrogen (secondary N) is 2. The third kappa shape index (κ3) is 2.15. The Kier molecular flexibility index (Phi) is 2.87. The van der Waals surface area contributed by atoms with Gasteiger partial charge in [-0.3, -0.25) is 9.78 Å². The summed E-state index contributed by atoms with van der Waals surface area (Å²) in [5.74, 6) is 0.474. The number of ether oxygens (including phenoxy) is 1. The van der Waals surface area contributed by atoms with Crippen LogP contribution in [0.2, 0.25) is 0 Å². The van der Waals surface area contributed by atoms with Crippen LogP contribution in [0.4, 0.5) is 5.95 Å². The minimum atomic E-state index is -0.216. The molecule has 1 aromatic rings. The summed E-state index contributed by atoms with van der Waals surface area (Å²) in [7, 11) is 0. The van der Waals surface area contributed by atoms with Crippen molar-refractivity contribution in [2.45, 2.75) is 31.8 Å². The summed E-state index contributed by atoms with van der Waals surface area (Å²) in [5.41, 5.74) is 0.210. The predicted octanol–water partition coefficient (Wildman–Crippen LogP) is 0.422. The Labute approximate surface area is 111 Å². The lowest BCUT2D eigenvalue weighted by Crippen LogP contribution is -2.36. The van der Waals surface area contributed by atoms with Gasteiger partial charge in [-0.2, -0.15) is 0 Å². The summed E-state index contributed by atoms with van der Waals surface area (Å²) in [4.78, 5) is 18.3. The summed E-state index contributed by atoms with van der Waals surface area (Å²) < 4.78 is 5.87. The molecule has 19 heavy (non-hydrogen) atoms. The van der Waals surface area contributed by atoms with Crippen molar-refractivity contribution in [3.8, 4) is 0 Å². The lowest BCUT2D eigenvalue weighted by molar-refractivity contribution is -0.0280. The molecule has 2 heterocycles. The molecule has 2 bridgehead atoms. The maximum atomic E-state index is 11.5. The monoisotopic (exact) mass is 265 g/mol. The van der Waals surface area contributed by atoms with Crippen LogP contribution in [0.25, 0.3) is 0 Å². The van der Waals surface area contributed by atoms with Gasteiger partial charge in [-0.05, 0) is 26.2 Å².